The molecule has 0 radical (unpaired) electrons. The number of rotatable bonds is 5. The zero-order valence-electron chi connectivity index (χ0n) is 11.8. The van der Waals surface area contributed by atoms with Crippen molar-refractivity contribution in [3.63, 3.8) is 0 Å². The van der Waals surface area contributed by atoms with Gasteiger partial charge in [0.2, 0.25) is 0 Å². The second kappa shape index (κ2) is 6.10. The molecule has 0 saturated carbocycles. The predicted molar refractivity (Wildman–Crippen MR) is 76.1 cm³/mol. The van der Waals surface area contributed by atoms with E-state index in [0.29, 0.717) is 0 Å². The van der Waals surface area contributed by atoms with Crippen molar-refractivity contribution in [3.8, 4) is 0 Å². The van der Waals surface area contributed by atoms with E-state index in [1.165, 1.54) is 0 Å². The van der Waals surface area contributed by atoms with Gasteiger partial charge in [0.05, 0.1) is 11.6 Å². The highest BCUT2D eigenvalue weighted by Crippen LogP contribution is 2.23. The molecule has 1 aromatic carbocycles. The number of fused-ring (bicyclic) bond motifs is 1. The molecule has 0 amide bonds. The minimum Gasteiger partial charge on any atom is -0.354 e. The standard InChI is InChI=1S/C15H20N2O2/c1-10-5-6-11-9-12(7-8-13(11)17-10)14(16-2)15(18-3)19-4/h5-9,14-16H,1-4H3. The Bertz CT molecular complexity index is 553. The third-order valence-corrected chi connectivity index (χ3v) is 3.26. The summed E-state index contributed by atoms with van der Waals surface area (Å²) in [7, 11) is 5.18. The number of aromatic nitrogens is 1. The van der Waals surface area contributed by atoms with Crippen molar-refractivity contribution >= 4 is 10.9 Å². The number of methoxy groups -OCH3 is 2. The van der Waals surface area contributed by atoms with Gasteiger partial charge in [0, 0.05) is 25.3 Å². The lowest BCUT2D eigenvalue weighted by Crippen LogP contribution is -2.32. The summed E-state index contributed by atoms with van der Waals surface area (Å²) in [5, 5.41) is 4.35. The molecule has 0 spiro atoms. The molecule has 1 unspecified atom stereocenters. The SMILES string of the molecule is CNC(c1ccc2nc(C)ccc2c1)C(OC)OC. The molecule has 102 valence electrons. The third-order valence-electron chi connectivity index (χ3n) is 3.26. The Balaban J connectivity index is 2.41. The fourth-order valence-electron chi connectivity index (χ4n) is 2.27. The normalized spacial score (nSPS) is 13.1. The largest absolute Gasteiger partial charge is 0.354 e. The Morgan fingerprint density at radius 1 is 1.11 bits per heavy atom. The van der Waals surface area contributed by atoms with Crippen LogP contribution < -0.4 is 5.32 Å². The van der Waals surface area contributed by atoms with Gasteiger partial charge in [-0.1, -0.05) is 12.1 Å². The molecule has 4 heteroatoms. The summed E-state index contributed by atoms with van der Waals surface area (Å²) in [5.74, 6) is 0. The van der Waals surface area contributed by atoms with Crippen molar-refractivity contribution in [3.05, 3.63) is 41.6 Å². The number of nitrogens with one attached hydrogen (secondary N) is 1. The Morgan fingerprint density at radius 3 is 2.47 bits per heavy atom. The zero-order valence-corrected chi connectivity index (χ0v) is 11.8. The summed E-state index contributed by atoms with van der Waals surface area (Å²) < 4.78 is 10.7. The first kappa shape index (κ1) is 13.9. The monoisotopic (exact) mass is 260 g/mol. The lowest BCUT2D eigenvalue weighted by atomic mass is 10.0. The molecule has 19 heavy (non-hydrogen) atoms. The number of hydrogen-bond acceptors (Lipinski definition) is 4. The quantitative estimate of drug-likeness (QED) is 0.838. The van der Waals surface area contributed by atoms with Crippen molar-refractivity contribution in [2.45, 2.75) is 19.3 Å². The minimum absolute atomic E-state index is 0.0132. The molecule has 1 aromatic heterocycles. The number of pyridine rings is 1. The average molecular weight is 260 g/mol. The van der Waals surface area contributed by atoms with Crippen LogP contribution in [0, 0.1) is 6.92 Å². The van der Waals surface area contributed by atoms with Crippen LogP contribution in [-0.4, -0.2) is 32.5 Å². The fourth-order valence-corrected chi connectivity index (χ4v) is 2.27. The van der Waals surface area contributed by atoms with Crippen LogP contribution in [0.25, 0.3) is 10.9 Å². The van der Waals surface area contributed by atoms with Crippen LogP contribution in [0.15, 0.2) is 30.3 Å². The first-order valence-electron chi connectivity index (χ1n) is 6.29. The fraction of sp³-hybridized carbons (Fsp3) is 0.400. The highest BCUT2D eigenvalue weighted by molar-refractivity contribution is 5.79. The van der Waals surface area contributed by atoms with E-state index in [1.54, 1.807) is 14.2 Å². The van der Waals surface area contributed by atoms with Crippen LogP contribution >= 0.6 is 0 Å². The van der Waals surface area contributed by atoms with Gasteiger partial charge in [0.25, 0.3) is 0 Å². The van der Waals surface area contributed by atoms with E-state index in [2.05, 4.69) is 28.5 Å². The first-order chi connectivity index (χ1) is 9.19. The van der Waals surface area contributed by atoms with Crippen LogP contribution in [0.4, 0.5) is 0 Å². The van der Waals surface area contributed by atoms with Crippen LogP contribution in [-0.2, 0) is 9.47 Å². The molecule has 1 heterocycles. The van der Waals surface area contributed by atoms with Gasteiger partial charge < -0.3 is 14.8 Å². The third kappa shape index (κ3) is 2.92. The first-order valence-corrected chi connectivity index (χ1v) is 6.29. The van der Waals surface area contributed by atoms with Gasteiger partial charge in [-0.15, -0.1) is 0 Å². The number of hydrogen-bond donors (Lipinski definition) is 1. The molecule has 4 nitrogen and oxygen atoms in total. The lowest BCUT2D eigenvalue weighted by Gasteiger charge is -2.24. The summed E-state index contributed by atoms with van der Waals surface area (Å²) in [4.78, 5) is 4.50. The van der Waals surface area contributed by atoms with Gasteiger partial charge in [-0.05, 0) is 37.7 Å². The van der Waals surface area contributed by atoms with E-state index in [-0.39, 0.29) is 12.3 Å². The summed E-state index contributed by atoms with van der Waals surface area (Å²) in [6.07, 6.45) is -0.319. The maximum absolute atomic E-state index is 5.34. The zero-order chi connectivity index (χ0) is 13.8. The molecule has 0 fully saturated rings. The Hall–Kier alpha value is -1.49. The van der Waals surface area contributed by atoms with E-state index < -0.39 is 0 Å². The Kier molecular flexibility index (Phi) is 4.47. The van der Waals surface area contributed by atoms with Gasteiger partial charge in [-0.2, -0.15) is 0 Å². The summed E-state index contributed by atoms with van der Waals surface area (Å²) in [5.41, 5.74) is 3.15. The predicted octanol–water partition coefficient (Wildman–Crippen LogP) is 2.42. The van der Waals surface area contributed by atoms with Gasteiger partial charge in [-0.3, -0.25) is 4.98 Å². The van der Waals surface area contributed by atoms with Crippen LogP contribution in [0.3, 0.4) is 0 Å². The van der Waals surface area contributed by atoms with Crippen LogP contribution in [0.2, 0.25) is 0 Å². The van der Waals surface area contributed by atoms with Crippen LogP contribution in [0.1, 0.15) is 17.3 Å². The maximum Gasteiger partial charge on any atom is 0.176 e. The Morgan fingerprint density at radius 2 is 1.84 bits per heavy atom. The van der Waals surface area contributed by atoms with E-state index in [1.807, 2.05) is 26.1 Å². The number of nitrogens with zero attached hydrogens (tertiary/aromatic N) is 1. The van der Waals surface area contributed by atoms with Gasteiger partial charge in [0.15, 0.2) is 6.29 Å². The topological polar surface area (TPSA) is 43.4 Å². The number of aryl methyl sites for hydroxylation is 1. The average Bonchev–Trinajstić information content (AvgIpc) is 2.44. The second-order valence-electron chi connectivity index (χ2n) is 4.51. The molecule has 1 N–H and O–H groups in total. The molecule has 0 bridgehead atoms. The van der Waals surface area contributed by atoms with Crippen molar-refractivity contribution in [2.75, 3.05) is 21.3 Å². The summed E-state index contributed by atoms with van der Waals surface area (Å²) >= 11 is 0. The van der Waals surface area contributed by atoms with Crippen molar-refractivity contribution < 1.29 is 9.47 Å². The highest BCUT2D eigenvalue weighted by atomic mass is 16.7. The van der Waals surface area contributed by atoms with Gasteiger partial charge in [0.1, 0.15) is 0 Å². The Labute approximate surface area is 113 Å². The maximum atomic E-state index is 5.34. The number of likely N-dealkylation sites (N-methyl/N-ethyl adjacent to an activating group) is 1. The van der Waals surface area contributed by atoms with Gasteiger partial charge >= 0.3 is 0 Å². The summed E-state index contributed by atoms with van der Waals surface area (Å²) in [6, 6.07) is 10.3. The highest BCUT2D eigenvalue weighted by Gasteiger charge is 2.21. The van der Waals surface area contributed by atoms with E-state index in [0.717, 1.165) is 22.2 Å². The van der Waals surface area contributed by atoms with Crippen molar-refractivity contribution in [1.29, 1.82) is 0 Å². The van der Waals surface area contributed by atoms with E-state index in [4.69, 9.17) is 9.47 Å². The molecular weight excluding hydrogens is 240 g/mol. The molecule has 0 aliphatic carbocycles. The van der Waals surface area contributed by atoms with Gasteiger partial charge in [-0.25, -0.2) is 0 Å². The van der Waals surface area contributed by atoms with Crippen molar-refractivity contribution in [1.82, 2.24) is 10.3 Å². The molecule has 0 aliphatic heterocycles. The molecular formula is C15H20N2O2. The molecule has 0 saturated heterocycles. The van der Waals surface area contributed by atoms with E-state index in [9.17, 15) is 0 Å². The smallest absolute Gasteiger partial charge is 0.176 e. The summed E-state index contributed by atoms with van der Waals surface area (Å²) in [6.45, 7) is 2.00. The minimum atomic E-state index is -0.319. The number of benzene rings is 1. The molecule has 0 aliphatic rings. The van der Waals surface area contributed by atoms with Crippen molar-refractivity contribution in [2.24, 2.45) is 0 Å². The number of ether oxygens (including phenoxy) is 2. The molecule has 1 atom stereocenters. The lowest BCUT2D eigenvalue weighted by molar-refractivity contribution is -0.123. The van der Waals surface area contributed by atoms with Crippen LogP contribution in [0.5, 0.6) is 0 Å². The second-order valence-corrected chi connectivity index (χ2v) is 4.51. The van der Waals surface area contributed by atoms with E-state index >= 15 is 0 Å². The molecule has 2 aromatic rings. The molecule has 2 rings (SSSR count).